The summed E-state index contributed by atoms with van der Waals surface area (Å²) in [6.45, 7) is 4.45. The monoisotopic (exact) mass is 317 g/mol. The number of rotatable bonds is 6. The van der Waals surface area contributed by atoms with Crippen molar-refractivity contribution in [3.8, 4) is 5.75 Å². The quantitative estimate of drug-likeness (QED) is 0.636. The second-order valence-corrected chi connectivity index (χ2v) is 6.12. The van der Waals surface area contributed by atoms with Gasteiger partial charge in [-0.25, -0.2) is 4.99 Å². The molecule has 0 bridgehead atoms. The van der Waals surface area contributed by atoms with Gasteiger partial charge in [0.2, 0.25) is 0 Å². The van der Waals surface area contributed by atoms with Crippen LogP contribution in [0.1, 0.15) is 17.4 Å². The summed E-state index contributed by atoms with van der Waals surface area (Å²) in [5, 5.41) is 14.7. The molecule has 0 spiro atoms. The van der Waals surface area contributed by atoms with Crippen molar-refractivity contribution in [2.75, 3.05) is 20.1 Å². The van der Waals surface area contributed by atoms with Crippen LogP contribution in [0.15, 0.2) is 46.8 Å². The van der Waals surface area contributed by atoms with E-state index in [2.05, 4.69) is 46.7 Å². The summed E-state index contributed by atoms with van der Waals surface area (Å²) >= 11 is 1.79. The minimum absolute atomic E-state index is 0.285. The molecule has 118 valence electrons. The number of likely N-dealkylation sites (N-methyl/N-ethyl adjacent to an activating group) is 1. The van der Waals surface area contributed by atoms with Gasteiger partial charge in [-0.15, -0.1) is 11.3 Å². The molecule has 0 fully saturated rings. The Labute approximate surface area is 136 Å². The van der Waals surface area contributed by atoms with E-state index in [1.54, 1.807) is 23.5 Å². The zero-order chi connectivity index (χ0) is 15.8. The minimum atomic E-state index is 0.285. The van der Waals surface area contributed by atoms with Gasteiger partial charge >= 0.3 is 0 Å². The van der Waals surface area contributed by atoms with Crippen molar-refractivity contribution in [3.63, 3.8) is 0 Å². The van der Waals surface area contributed by atoms with E-state index in [0.717, 1.165) is 31.0 Å². The average Bonchev–Trinajstić information content (AvgIpc) is 3.04. The number of aliphatic imine (C=N–C) groups is 1. The number of nitrogens with zero attached hydrogens (tertiary/aromatic N) is 2. The second-order valence-electron chi connectivity index (χ2n) is 5.09. The van der Waals surface area contributed by atoms with E-state index in [0.29, 0.717) is 6.54 Å². The molecule has 0 saturated carbocycles. The van der Waals surface area contributed by atoms with Crippen molar-refractivity contribution in [1.82, 2.24) is 10.2 Å². The zero-order valence-electron chi connectivity index (χ0n) is 13.1. The van der Waals surface area contributed by atoms with Crippen LogP contribution >= 0.6 is 11.3 Å². The van der Waals surface area contributed by atoms with Crippen molar-refractivity contribution in [1.29, 1.82) is 0 Å². The van der Waals surface area contributed by atoms with Crippen LogP contribution < -0.4 is 5.32 Å². The van der Waals surface area contributed by atoms with E-state index in [1.807, 2.05) is 12.1 Å². The van der Waals surface area contributed by atoms with E-state index in [-0.39, 0.29) is 5.75 Å². The Morgan fingerprint density at radius 2 is 2.05 bits per heavy atom. The molecule has 1 aromatic heterocycles. The summed E-state index contributed by atoms with van der Waals surface area (Å²) in [6.07, 6.45) is 1.03. The maximum atomic E-state index is 9.31. The van der Waals surface area contributed by atoms with Crippen molar-refractivity contribution in [2.45, 2.75) is 19.9 Å². The highest BCUT2D eigenvalue weighted by atomic mass is 32.1. The van der Waals surface area contributed by atoms with Crippen LogP contribution in [0.4, 0.5) is 0 Å². The fraction of sp³-hybridized carbons (Fsp3) is 0.353. The molecular weight excluding hydrogens is 294 g/mol. The number of hydrogen-bond donors (Lipinski definition) is 2. The molecule has 0 saturated heterocycles. The number of phenols is 1. The summed E-state index contributed by atoms with van der Waals surface area (Å²) in [4.78, 5) is 8.21. The Morgan fingerprint density at radius 3 is 2.68 bits per heavy atom. The van der Waals surface area contributed by atoms with Gasteiger partial charge < -0.3 is 15.3 Å². The lowest BCUT2D eigenvalue weighted by molar-refractivity contribution is 0.475. The van der Waals surface area contributed by atoms with Crippen LogP contribution in [-0.4, -0.2) is 36.1 Å². The molecule has 1 aromatic carbocycles. The molecule has 0 radical (unpaired) electrons. The second kappa shape index (κ2) is 8.44. The molecule has 0 unspecified atom stereocenters. The van der Waals surface area contributed by atoms with Gasteiger partial charge in [0.05, 0.1) is 6.54 Å². The molecular formula is C17H23N3OS. The third kappa shape index (κ3) is 5.07. The maximum absolute atomic E-state index is 9.31. The SMILES string of the molecule is CCNC(=NCc1ccc(O)cc1)N(C)CCc1cccs1. The lowest BCUT2D eigenvalue weighted by Crippen LogP contribution is -2.39. The third-order valence-electron chi connectivity index (χ3n) is 3.32. The number of aromatic hydroxyl groups is 1. The molecule has 2 rings (SSSR count). The molecule has 2 N–H and O–H groups in total. The van der Waals surface area contributed by atoms with Crippen molar-refractivity contribution in [3.05, 3.63) is 52.2 Å². The predicted molar refractivity (Wildman–Crippen MR) is 93.6 cm³/mol. The Kier molecular flexibility index (Phi) is 6.27. The normalized spacial score (nSPS) is 11.5. The molecule has 22 heavy (non-hydrogen) atoms. The Hall–Kier alpha value is -2.01. The van der Waals surface area contributed by atoms with E-state index in [9.17, 15) is 5.11 Å². The first kappa shape index (κ1) is 16.4. The standard InChI is InChI=1S/C17H23N3OS/c1-3-18-17(19-13-14-6-8-15(21)9-7-14)20(2)11-10-16-5-4-12-22-16/h4-9,12,21H,3,10-11,13H2,1-2H3,(H,18,19). The van der Waals surface area contributed by atoms with Gasteiger partial charge in [0, 0.05) is 25.0 Å². The fourth-order valence-electron chi connectivity index (χ4n) is 2.08. The number of nitrogens with one attached hydrogen (secondary N) is 1. The Balaban J connectivity index is 1.94. The highest BCUT2D eigenvalue weighted by molar-refractivity contribution is 7.09. The maximum Gasteiger partial charge on any atom is 0.193 e. The van der Waals surface area contributed by atoms with Crippen LogP contribution in [0.5, 0.6) is 5.75 Å². The average molecular weight is 317 g/mol. The largest absolute Gasteiger partial charge is 0.508 e. The van der Waals surface area contributed by atoms with E-state index in [4.69, 9.17) is 0 Å². The summed E-state index contributed by atoms with van der Waals surface area (Å²) in [5.74, 6) is 1.19. The van der Waals surface area contributed by atoms with Crippen LogP contribution in [0.2, 0.25) is 0 Å². The topological polar surface area (TPSA) is 47.9 Å². The zero-order valence-corrected chi connectivity index (χ0v) is 13.9. The summed E-state index contributed by atoms with van der Waals surface area (Å²) in [7, 11) is 2.06. The van der Waals surface area contributed by atoms with Gasteiger partial charge in [-0.1, -0.05) is 18.2 Å². The molecule has 1 heterocycles. The molecule has 5 heteroatoms. The first-order valence-electron chi connectivity index (χ1n) is 7.48. The molecule has 0 aliphatic carbocycles. The van der Waals surface area contributed by atoms with Gasteiger partial charge in [0.15, 0.2) is 5.96 Å². The molecule has 2 aromatic rings. The molecule has 0 atom stereocenters. The molecule has 0 amide bonds. The summed E-state index contributed by atoms with van der Waals surface area (Å²) < 4.78 is 0. The molecule has 0 aliphatic rings. The fourth-order valence-corrected chi connectivity index (χ4v) is 2.77. The molecule has 4 nitrogen and oxygen atoms in total. The van der Waals surface area contributed by atoms with Crippen molar-refractivity contribution >= 4 is 17.3 Å². The van der Waals surface area contributed by atoms with Gasteiger partial charge in [-0.3, -0.25) is 0 Å². The summed E-state index contributed by atoms with van der Waals surface area (Å²) in [6, 6.07) is 11.4. The van der Waals surface area contributed by atoms with Gasteiger partial charge in [0.25, 0.3) is 0 Å². The van der Waals surface area contributed by atoms with Crippen LogP contribution in [-0.2, 0) is 13.0 Å². The van der Waals surface area contributed by atoms with Crippen molar-refractivity contribution in [2.24, 2.45) is 4.99 Å². The number of guanidine groups is 1. The van der Waals surface area contributed by atoms with E-state index >= 15 is 0 Å². The third-order valence-corrected chi connectivity index (χ3v) is 4.25. The first-order valence-corrected chi connectivity index (χ1v) is 8.36. The molecule has 0 aliphatic heterocycles. The van der Waals surface area contributed by atoms with Gasteiger partial charge in [0.1, 0.15) is 5.75 Å². The van der Waals surface area contributed by atoms with Crippen LogP contribution in [0.25, 0.3) is 0 Å². The highest BCUT2D eigenvalue weighted by Crippen LogP contribution is 2.11. The number of phenolic OH excluding ortho intramolecular Hbond substituents is 1. The Bertz CT molecular complexity index is 578. The number of hydrogen-bond acceptors (Lipinski definition) is 3. The predicted octanol–water partition coefficient (Wildman–Crippen LogP) is 3.09. The smallest absolute Gasteiger partial charge is 0.193 e. The van der Waals surface area contributed by atoms with E-state index in [1.165, 1.54) is 4.88 Å². The Morgan fingerprint density at radius 1 is 1.27 bits per heavy atom. The summed E-state index contributed by atoms with van der Waals surface area (Å²) in [5.41, 5.74) is 1.08. The lowest BCUT2D eigenvalue weighted by atomic mass is 10.2. The number of benzene rings is 1. The van der Waals surface area contributed by atoms with Crippen LogP contribution in [0, 0.1) is 0 Å². The van der Waals surface area contributed by atoms with Gasteiger partial charge in [-0.2, -0.15) is 0 Å². The first-order chi connectivity index (χ1) is 10.7. The van der Waals surface area contributed by atoms with E-state index < -0.39 is 0 Å². The van der Waals surface area contributed by atoms with Crippen molar-refractivity contribution < 1.29 is 5.11 Å². The minimum Gasteiger partial charge on any atom is -0.508 e. The van der Waals surface area contributed by atoms with Gasteiger partial charge in [-0.05, 0) is 42.5 Å². The van der Waals surface area contributed by atoms with Crippen LogP contribution in [0.3, 0.4) is 0 Å². The number of thiophene rings is 1. The highest BCUT2D eigenvalue weighted by Gasteiger charge is 2.06. The lowest BCUT2D eigenvalue weighted by Gasteiger charge is -2.21.